The molecule has 0 spiro atoms. The van der Waals surface area contributed by atoms with Gasteiger partial charge in [0.1, 0.15) is 0 Å². The summed E-state index contributed by atoms with van der Waals surface area (Å²) < 4.78 is 2.82. The van der Waals surface area contributed by atoms with Gasteiger partial charge in [0.15, 0.2) is 0 Å². The first-order chi connectivity index (χ1) is 18.5. The molecule has 0 amide bonds. The lowest BCUT2D eigenvalue weighted by atomic mass is 9.87. The standard InChI is InChI=1S/C36H45NSi/c1-5-6-7-8-9-19-30-37(32-28-26-31(27-29-32)36(2,3)4)38(33-20-13-10-14-21-33,34-22-15-11-16-23-34)35-24-17-12-18-25-35/h10-18,20-29H,5-9,19,30H2,1-4H3. The molecule has 0 saturated heterocycles. The average molecular weight is 520 g/mol. The van der Waals surface area contributed by atoms with Gasteiger partial charge in [-0.25, -0.2) is 0 Å². The van der Waals surface area contributed by atoms with Crippen molar-refractivity contribution in [3.05, 3.63) is 121 Å². The highest BCUT2D eigenvalue weighted by atomic mass is 28.3. The zero-order valence-electron chi connectivity index (χ0n) is 23.9. The molecule has 0 fully saturated rings. The molecule has 0 aromatic heterocycles. The average Bonchev–Trinajstić information content (AvgIpc) is 2.95. The van der Waals surface area contributed by atoms with E-state index in [2.05, 4.69) is 148 Å². The molecule has 0 unspecified atom stereocenters. The van der Waals surface area contributed by atoms with Gasteiger partial charge >= 0.3 is 0 Å². The van der Waals surface area contributed by atoms with Gasteiger partial charge in [-0.05, 0) is 45.1 Å². The van der Waals surface area contributed by atoms with Gasteiger partial charge in [0.2, 0.25) is 0 Å². The van der Waals surface area contributed by atoms with Gasteiger partial charge in [0, 0.05) is 12.2 Å². The molecule has 0 saturated carbocycles. The molecule has 0 bridgehead atoms. The minimum absolute atomic E-state index is 0.134. The molecule has 2 heteroatoms. The fourth-order valence-corrected chi connectivity index (χ4v) is 10.7. The molecule has 38 heavy (non-hydrogen) atoms. The van der Waals surface area contributed by atoms with Crippen LogP contribution in [0.15, 0.2) is 115 Å². The van der Waals surface area contributed by atoms with Gasteiger partial charge in [0.25, 0.3) is 8.24 Å². The van der Waals surface area contributed by atoms with Crippen LogP contribution in [0.25, 0.3) is 0 Å². The fraction of sp³-hybridized carbons (Fsp3) is 0.333. The first kappa shape index (κ1) is 27.9. The topological polar surface area (TPSA) is 3.24 Å². The molecule has 1 nitrogen and oxygen atoms in total. The summed E-state index contributed by atoms with van der Waals surface area (Å²) in [4.78, 5) is 0. The van der Waals surface area contributed by atoms with E-state index < -0.39 is 8.24 Å². The van der Waals surface area contributed by atoms with Crippen molar-refractivity contribution in [2.45, 2.75) is 71.6 Å². The smallest absolute Gasteiger partial charge is 0.253 e. The predicted molar refractivity (Wildman–Crippen MR) is 170 cm³/mol. The number of benzene rings is 4. The van der Waals surface area contributed by atoms with Gasteiger partial charge in [-0.3, -0.25) is 0 Å². The van der Waals surface area contributed by atoms with Crippen LogP contribution >= 0.6 is 0 Å². The van der Waals surface area contributed by atoms with Crippen molar-refractivity contribution in [1.82, 2.24) is 0 Å². The quantitative estimate of drug-likeness (QED) is 0.105. The number of hydrogen-bond acceptors (Lipinski definition) is 1. The lowest BCUT2D eigenvalue weighted by Crippen LogP contribution is -2.78. The zero-order chi connectivity index (χ0) is 26.8. The SMILES string of the molecule is CCCCCCCCN(c1ccc(C(C)(C)C)cc1)[Si](c1ccccc1)(c1ccccc1)c1ccccc1. The lowest BCUT2D eigenvalue weighted by molar-refractivity contribution is 0.590. The van der Waals surface area contributed by atoms with Crippen molar-refractivity contribution in [3.8, 4) is 0 Å². The molecule has 4 rings (SSSR count). The molecular weight excluding hydrogens is 474 g/mol. The van der Waals surface area contributed by atoms with Crippen LogP contribution in [0.2, 0.25) is 0 Å². The van der Waals surface area contributed by atoms with Crippen LogP contribution in [0.5, 0.6) is 0 Å². The third kappa shape index (κ3) is 6.30. The van der Waals surface area contributed by atoms with Crippen molar-refractivity contribution in [3.63, 3.8) is 0 Å². The van der Waals surface area contributed by atoms with Crippen molar-refractivity contribution in [2.75, 3.05) is 11.1 Å². The number of unbranched alkanes of at least 4 members (excludes halogenated alkanes) is 5. The maximum Gasteiger partial charge on any atom is 0.253 e. The number of nitrogens with zero attached hydrogens (tertiary/aromatic N) is 1. The highest BCUT2D eigenvalue weighted by Gasteiger charge is 2.45. The van der Waals surface area contributed by atoms with E-state index in [1.165, 1.54) is 65.3 Å². The summed E-state index contributed by atoms with van der Waals surface area (Å²) in [5, 5.41) is 4.30. The summed E-state index contributed by atoms with van der Waals surface area (Å²) in [5.74, 6) is 0. The fourth-order valence-electron chi connectivity index (χ4n) is 5.69. The Balaban J connectivity index is 1.91. The Morgan fingerprint density at radius 1 is 0.526 bits per heavy atom. The van der Waals surface area contributed by atoms with E-state index in [0.717, 1.165) is 6.54 Å². The Morgan fingerprint density at radius 2 is 0.947 bits per heavy atom. The highest BCUT2D eigenvalue weighted by Crippen LogP contribution is 2.28. The number of rotatable bonds is 12. The third-order valence-electron chi connectivity index (χ3n) is 7.76. The van der Waals surface area contributed by atoms with E-state index in [0.29, 0.717) is 0 Å². The summed E-state index contributed by atoms with van der Waals surface area (Å²) in [6.07, 6.45) is 7.77. The molecule has 0 aliphatic carbocycles. The van der Waals surface area contributed by atoms with Crippen LogP contribution in [0, 0.1) is 0 Å². The second-order valence-corrected chi connectivity index (χ2v) is 15.2. The van der Waals surface area contributed by atoms with Crippen molar-refractivity contribution >= 4 is 29.5 Å². The van der Waals surface area contributed by atoms with E-state index in [1.54, 1.807) is 0 Å². The monoisotopic (exact) mass is 519 g/mol. The number of hydrogen-bond donors (Lipinski definition) is 0. The lowest BCUT2D eigenvalue weighted by Gasteiger charge is -2.45. The first-order valence-electron chi connectivity index (χ1n) is 14.5. The molecule has 0 N–H and O–H groups in total. The van der Waals surface area contributed by atoms with Gasteiger partial charge in [-0.1, -0.05) is 163 Å². The second-order valence-electron chi connectivity index (χ2n) is 11.5. The molecule has 0 heterocycles. The van der Waals surface area contributed by atoms with E-state index >= 15 is 0 Å². The Morgan fingerprint density at radius 3 is 1.37 bits per heavy atom. The van der Waals surface area contributed by atoms with Crippen LogP contribution < -0.4 is 20.1 Å². The molecule has 0 aliphatic rings. The summed E-state index contributed by atoms with van der Waals surface area (Å²) in [6, 6.07) is 43.4. The minimum Gasteiger partial charge on any atom is -0.387 e. The van der Waals surface area contributed by atoms with Gasteiger partial charge in [0.05, 0.1) is 0 Å². The van der Waals surface area contributed by atoms with Crippen molar-refractivity contribution < 1.29 is 0 Å². The molecule has 4 aromatic rings. The van der Waals surface area contributed by atoms with Gasteiger partial charge in [-0.15, -0.1) is 0 Å². The van der Waals surface area contributed by atoms with Crippen LogP contribution in [0.4, 0.5) is 5.69 Å². The van der Waals surface area contributed by atoms with Crippen molar-refractivity contribution in [1.29, 1.82) is 0 Å². The summed E-state index contributed by atoms with van der Waals surface area (Å²) in [7, 11) is -2.60. The summed E-state index contributed by atoms with van der Waals surface area (Å²) in [5.41, 5.74) is 2.84. The minimum atomic E-state index is -2.60. The maximum absolute atomic E-state index is 2.82. The van der Waals surface area contributed by atoms with Crippen molar-refractivity contribution in [2.24, 2.45) is 0 Å². The first-order valence-corrected chi connectivity index (χ1v) is 16.5. The molecule has 0 aliphatic heterocycles. The van der Waals surface area contributed by atoms with Crippen LogP contribution in [-0.2, 0) is 5.41 Å². The predicted octanol–water partition coefficient (Wildman–Crippen LogP) is 7.82. The second kappa shape index (κ2) is 13.1. The largest absolute Gasteiger partial charge is 0.387 e. The molecular formula is C36H45NSi. The summed E-state index contributed by atoms with van der Waals surface area (Å²) in [6.45, 7) is 10.2. The van der Waals surface area contributed by atoms with Gasteiger partial charge < -0.3 is 4.57 Å². The Bertz CT molecular complexity index is 1110. The zero-order valence-corrected chi connectivity index (χ0v) is 24.9. The molecule has 4 aromatic carbocycles. The van der Waals surface area contributed by atoms with E-state index in [1.807, 2.05) is 0 Å². The molecule has 198 valence electrons. The van der Waals surface area contributed by atoms with Crippen LogP contribution in [0.3, 0.4) is 0 Å². The van der Waals surface area contributed by atoms with Gasteiger partial charge in [-0.2, -0.15) is 0 Å². The molecule has 0 radical (unpaired) electrons. The van der Waals surface area contributed by atoms with E-state index in [4.69, 9.17) is 0 Å². The third-order valence-corrected chi connectivity index (χ3v) is 12.6. The highest BCUT2D eigenvalue weighted by molar-refractivity contribution is 7.13. The van der Waals surface area contributed by atoms with E-state index in [-0.39, 0.29) is 5.41 Å². The maximum atomic E-state index is 2.82. The van der Waals surface area contributed by atoms with Crippen LogP contribution in [0.1, 0.15) is 71.8 Å². The normalized spacial score (nSPS) is 11.9. The Hall–Kier alpha value is -3.10. The van der Waals surface area contributed by atoms with E-state index in [9.17, 15) is 0 Å². The van der Waals surface area contributed by atoms with Crippen LogP contribution in [-0.4, -0.2) is 14.8 Å². The Labute approximate surface area is 232 Å². The molecule has 0 atom stereocenters. The summed E-state index contributed by atoms with van der Waals surface area (Å²) >= 11 is 0. The Kier molecular flexibility index (Phi) is 9.63. The number of anilines is 1.